The van der Waals surface area contributed by atoms with E-state index >= 15 is 0 Å². The van der Waals surface area contributed by atoms with Crippen LogP contribution in [0.4, 0.5) is 0 Å². The molecular formula is C20H21ClN2O6. The topological polar surface area (TPSA) is 103 Å². The lowest BCUT2D eigenvalue weighted by Crippen LogP contribution is -2.45. The summed E-state index contributed by atoms with van der Waals surface area (Å²) in [5.74, 6) is -0.564. The number of aryl methyl sites for hydroxylation is 1. The lowest BCUT2D eigenvalue weighted by Gasteiger charge is -2.09. The van der Waals surface area contributed by atoms with Gasteiger partial charge in [-0.2, -0.15) is 0 Å². The van der Waals surface area contributed by atoms with Gasteiger partial charge in [0.2, 0.25) is 0 Å². The molecule has 0 aliphatic carbocycles. The van der Waals surface area contributed by atoms with Crippen LogP contribution in [-0.2, 0) is 25.5 Å². The Morgan fingerprint density at radius 2 is 1.45 bits per heavy atom. The number of hydrogen-bond donors (Lipinski definition) is 2. The van der Waals surface area contributed by atoms with Crippen molar-refractivity contribution >= 4 is 29.4 Å². The Kier molecular flexibility index (Phi) is 8.78. The molecule has 2 rings (SSSR count). The second kappa shape index (κ2) is 11.6. The predicted octanol–water partition coefficient (Wildman–Crippen LogP) is 2.05. The summed E-state index contributed by atoms with van der Waals surface area (Å²) in [4.78, 5) is 35.0. The van der Waals surface area contributed by atoms with Crippen LogP contribution < -0.4 is 20.3 Å². The number of amides is 2. The van der Waals surface area contributed by atoms with Crippen LogP contribution in [0.5, 0.6) is 11.5 Å². The number of carbonyl (C=O) groups excluding carboxylic acids is 3. The van der Waals surface area contributed by atoms with Crippen LogP contribution in [0, 0.1) is 0 Å². The molecule has 0 radical (unpaired) electrons. The second-order valence-electron chi connectivity index (χ2n) is 5.85. The van der Waals surface area contributed by atoms with Crippen molar-refractivity contribution in [1.29, 1.82) is 0 Å². The number of nitrogens with one attached hydrogen (secondary N) is 2. The molecule has 0 saturated heterocycles. The first-order valence-electron chi connectivity index (χ1n) is 8.71. The first-order chi connectivity index (χ1) is 14.0. The minimum absolute atomic E-state index is 0.126. The largest absolute Gasteiger partial charge is 0.497 e. The van der Waals surface area contributed by atoms with Crippen molar-refractivity contribution in [3.8, 4) is 11.5 Å². The van der Waals surface area contributed by atoms with E-state index in [1.807, 2.05) is 12.1 Å². The van der Waals surface area contributed by atoms with E-state index in [4.69, 9.17) is 25.8 Å². The van der Waals surface area contributed by atoms with E-state index in [0.29, 0.717) is 17.2 Å². The standard InChI is InChI=1S/C20H21ClN2O6/c1-27-16-7-2-14(3-8-16)4-11-20(26)29-13-19(25)23-22-18(24)12-28-17-9-5-15(21)6-10-17/h2-3,5-10H,4,11-13H2,1H3,(H,22,24)(H,23,25). The highest BCUT2D eigenvalue weighted by atomic mass is 35.5. The quantitative estimate of drug-likeness (QED) is 0.475. The Hall–Kier alpha value is -3.26. The molecule has 2 amide bonds. The molecule has 2 aromatic carbocycles. The number of esters is 1. The van der Waals surface area contributed by atoms with Gasteiger partial charge in [0, 0.05) is 11.4 Å². The van der Waals surface area contributed by atoms with Crippen LogP contribution in [0.3, 0.4) is 0 Å². The van der Waals surface area contributed by atoms with Gasteiger partial charge in [-0.25, -0.2) is 0 Å². The maximum atomic E-state index is 11.7. The Morgan fingerprint density at radius 1 is 0.862 bits per heavy atom. The molecule has 0 aliphatic heterocycles. The molecule has 8 nitrogen and oxygen atoms in total. The van der Waals surface area contributed by atoms with E-state index in [2.05, 4.69) is 10.9 Å². The van der Waals surface area contributed by atoms with Gasteiger partial charge in [-0.1, -0.05) is 23.7 Å². The molecule has 0 unspecified atom stereocenters. The number of hydrogen-bond acceptors (Lipinski definition) is 6. The number of rotatable bonds is 9. The number of hydrazine groups is 1. The van der Waals surface area contributed by atoms with Gasteiger partial charge in [0.05, 0.1) is 7.11 Å². The highest BCUT2D eigenvalue weighted by Gasteiger charge is 2.10. The van der Waals surface area contributed by atoms with Crippen molar-refractivity contribution in [2.45, 2.75) is 12.8 Å². The SMILES string of the molecule is COc1ccc(CCC(=O)OCC(=O)NNC(=O)COc2ccc(Cl)cc2)cc1. The van der Waals surface area contributed by atoms with Crippen LogP contribution in [-0.4, -0.2) is 38.1 Å². The molecule has 0 atom stereocenters. The summed E-state index contributed by atoms with van der Waals surface area (Å²) in [6.45, 7) is -0.802. The highest BCUT2D eigenvalue weighted by molar-refractivity contribution is 6.30. The molecule has 0 bridgehead atoms. The third-order valence-electron chi connectivity index (χ3n) is 3.67. The van der Waals surface area contributed by atoms with Crippen LogP contribution in [0.2, 0.25) is 5.02 Å². The van der Waals surface area contributed by atoms with Crippen molar-refractivity contribution in [3.63, 3.8) is 0 Å². The van der Waals surface area contributed by atoms with Gasteiger partial charge in [-0.05, 0) is 48.4 Å². The van der Waals surface area contributed by atoms with Gasteiger partial charge in [0.15, 0.2) is 13.2 Å². The molecular weight excluding hydrogens is 400 g/mol. The second-order valence-corrected chi connectivity index (χ2v) is 6.28. The van der Waals surface area contributed by atoms with Gasteiger partial charge >= 0.3 is 5.97 Å². The zero-order valence-corrected chi connectivity index (χ0v) is 16.5. The van der Waals surface area contributed by atoms with Crippen molar-refractivity contribution in [2.24, 2.45) is 0 Å². The molecule has 0 saturated carbocycles. The van der Waals surface area contributed by atoms with E-state index in [9.17, 15) is 14.4 Å². The smallest absolute Gasteiger partial charge is 0.306 e. The summed E-state index contributed by atoms with van der Waals surface area (Å²) in [6, 6.07) is 13.8. The normalized spacial score (nSPS) is 10.0. The Labute approximate surface area is 173 Å². The van der Waals surface area contributed by atoms with Crippen LogP contribution in [0.25, 0.3) is 0 Å². The third kappa shape index (κ3) is 8.52. The first kappa shape index (κ1) is 22.0. The van der Waals surface area contributed by atoms with Crippen LogP contribution in [0.1, 0.15) is 12.0 Å². The molecule has 29 heavy (non-hydrogen) atoms. The molecule has 0 aromatic heterocycles. The Balaban J connectivity index is 1.58. The Morgan fingerprint density at radius 3 is 2.07 bits per heavy atom. The first-order valence-corrected chi connectivity index (χ1v) is 9.08. The molecule has 154 valence electrons. The number of carbonyl (C=O) groups is 3. The van der Waals surface area contributed by atoms with Gasteiger partial charge in [0.25, 0.3) is 11.8 Å². The van der Waals surface area contributed by atoms with Crippen molar-refractivity contribution < 1.29 is 28.6 Å². The fourth-order valence-corrected chi connectivity index (χ4v) is 2.27. The molecule has 0 aliphatic rings. The molecule has 2 aromatic rings. The maximum absolute atomic E-state index is 11.7. The summed E-state index contributed by atoms with van der Waals surface area (Å²) >= 11 is 5.75. The van der Waals surface area contributed by atoms with E-state index in [0.717, 1.165) is 11.3 Å². The number of ether oxygens (including phenoxy) is 3. The van der Waals surface area contributed by atoms with E-state index in [-0.39, 0.29) is 13.0 Å². The van der Waals surface area contributed by atoms with Gasteiger partial charge in [-0.15, -0.1) is 0 Å². The summed E-state index contributed by atoms with van der Waals surface area (Å²) in [5, 5.41) is 0.549. The fourth-order valence-electron chi connectivity index (χ4n) is 2.15. The number of methoxy groups -OCH3 is 1. The van der Waals surface area contributed by atoms with E-state index in [1.54, 1.807) is 43.5 Å². The molecule has 0 heterocycles. The van der Waals surface area contributed by atoms with Gasteiger partial charge < -0.3 is 14.2 Å². The summed E-state index contributed by atoms with van der Waals surface area (Å²) in [6.07, 6.45) is 0.601. The van der Waals surface area contributed by atoms with Crippen molar-refractivity contribution in [3.05, 3.63) is 59.1 Å². The number of halogens is 1. The van der Waals surface area contributed by atoms with Crippen molar-refractivity contribution in [1.82, 2.24) is 10.9 Å². The van der Waals surface area contributed by atoms with E-state index < -0.39 is 24.4 Å². The monoisotopic (exact) mass is 420 g/mol. The predicted molar refractivity (Wildman–Crippen MR) is 106 cm³/mol. The van der Waals surface area contributed by atoms with E-state index in [1.165, 1.54) is 0 Å². The van der Waals surface area contributed by atoms with Gasteiger partial charge in [-0.3, -0.25) is 25.2 Å². The fraction of sp³-hybridized carbons (Fsp3) is 0.250. The minimum atomic E-state index is -0.664. The van der Waals surface area contributed by atoms with Crippen LogP contribution >= 0.6 is 11.6 Å². The van der Waals surface area contributed by atoms with Crippen LogP contribution in [0.15, 0.2) is 48.5 Å². The number of benzene rings is 2. The molecule has 2 N–H and O–H groups in total. The average molecular weight is 421 g/mol. The molecule has 0 spiro atoms. The summed E-state index contributed by atoms with van der Waals surface area (Å²) < 4.78 is 15.2. The lowest BCUT2D eigenvalue weighted by molar-refractivity contribution is -0.149. The molecule has 0 fully saturated rings. The highest BCUT2D eigenvalue weighted by Crippen LogP contribution is 2.15. The summed E-state index contributed by atoms with van der Waals surface area (Å²) in [7, 11) is 1.58. The van der Waals surface area contributed by atoms with Gasteiger partial charge in [0.1, 0.15) is 11.5 Å². The molecule has 9 heteroatoms. The summed E-state index contributed by atoms with van der Waals surface area (Å²) in [5.41, 5.74) is 5.25. The lowest BCUT2D eigenvalue weighted by atomic mass is 10.1. The van der Waals surface area contributed by atoms with Crippen molar-refractivity contribution in [2.75, 3.05) is 20.3 Å². The zero-order chi connectivity index (χ0) is 21.1. The Bertz CT molecular complexity index is 824. The maximum Gasteiger partial charge on any atom is 0.306 e. The third-order valence-corrected chi connectivity index (χ3v) is 3.92. The zero-order valence-electron chi connectivity index (χ0n) is 15.8. The average Bonchev–Trinajstić information content (AvgIpc) is 2.74. The minimum Gasteiger partial charge on any atom is -0.497 e.